The van der Waals surface area contributed by atoms with Crippen LogP contribution in [0.1, 0.15) is 43.8 Å². The van der Waals surface area contributed by atoms with E-state index in [2.05, 4.69) is 35.0 Å². The second kappa shape index (κ2) is 18.7. The molecule has 2 fully saturated rings. The van der Waals surface area contributed by atoms with Crippen LogP contribution in [0, 0.1) is 17.7 Å². The van der Waals surface area contributed by atoms with Gasteiger partial charge in [-0.3, -0.25) is 0 Å². The molecule has 2 aliphatic rings. The molecule has 0 unspecified atom stereocenters. The van der Waals surface area contributed by atoms with Gasteiger partial charge in [0.2, 0.25) is 0 Å². The van der Waals surface area contributed by atoms with Crippen molar-refractivity contribution in [1.29, 1.82) is 0 Å². The molecule has 0 aromatic heterocycles. The summed E-state index contributed by atoms with van der Waals surface area (Å²) in [5.74, 6) is -0.352. The predicted octanol–water partition coefficient (Wildman–Crippen LogP) is 5.91. The molecule has 2 N–H and O–H groups in total. The number of urea groups is 1. The molecule has 2 heterocycles. The highest BCUT2D eigenvalue weighted by molar-refractivity contribution is 6.76. The minimum absolute atomic E-state index is 0.148. The highest BCUT2D eigenvalue weighted by Crippen LogP contribution is 2.34. The number of nitrogens with zero attached hydrogens (tertiary/aromatic N) is 2. The van der Waals surface area contributed by atoms with E-state index in [-0.39, 0.29) is 42.1 Å². The third kappa shape index (κ3) is 13.2. The Morgan fingerprint density at radius 1 is 1.17 bits per heavy atom. The lowest BCUT2D eigenvalue weighted by Crippen LogP contribution is -2.53. The van der Waals surface area contributed by atoms with Crippen molar-refractivity contribution >= 4 is 37.9 Å². The Morgan fingerprint density at radius 3 is 2.63 bits per heavy atom. The van der Waals surface area contributed by atoms with Crippen molar-refractivity contribution in [2.45, 2.75) is 69.9 Å². The first-order valence-electron chi connectivity index (χ1n) is 16.2. The number of hydrogen-bond acceptors (Lipinski definition) is 7. The molecular formula is C32H52ClFN4O7Si. The molecule has 14 heteroatoms. The monoisotopic (exact) mass is 686 g/mol. The number of rotatable bonds is 14. The summed E-state index contributed by atoms with van der Waals surface area (Å²) in [6, 6.07) is 4.66. The third-order valence-corrected chi connectivity index (χ3v) is 10.2. The van der Waals surface area contributed by atoms with Crippen molar-refractivity contribution in [2.75, 3.05) is 66.8 Å². The van der Waals surface area contributed by atoms with Crippen LogP contribution in [0.25, 0.3) is 0 Å². The van der Waals surface area contributed by atoms with Gasteiger partial charge in [-0.05, 0) is 67.8 Å². The summed E-state index contributed by atoms with van der Waals surface area (Å²) >= 11 is 6.20. The quantitative estimate of drug-likeness (QED) is 0.185. The third-order valence-electron chi connectivity index (χ3n) is 8.32. The molecule has 260 valence electrons. The van der Waals surface area contributed by atoms with E-state index < -0.39 is 32.2 Å². The highest BCUT2D eigenvalue weighted by atomic mass is 35.5. The summed E-state index contributed by atoms with van der Waals surface area (Å²) in [5.41, 5.74) is 0.569. The molecular weight excluding hydrogens is 635 g/mol. The fourth-order valence-electron chi connectivity index (χ4n) is 5.90. The van der Waals surface area contributed by atoms with E-state index in [1.165, 1.54) is 24.1 Å². The van der Waals surface area contributed by atoms with Crippen molar-refractivity contribution in [2.24, 2.45) is 11.8 Å². The number of carbonyl (C=O) groups is 3. The fourth-order valence-corrected chi connectivity index (χ4v) is 6.84. The standard InChI is InChI=1S/C32H52ClFN4O7Si/c1-37(32(41)45-14-15-46(3,4)5)21-28(16-23-8-7-12-43-22-23)36-30(39)38-11-6-9-24(20-38)29(44-13-10-35-31(40)42-2)25-17-26(33)19-27(34)18-25/h17-19,23-24,28-29H,6-16,20-22H2,1-5H3,(H,35,40)(H,36,39)/t23-,24+,28-,29+/m0/s1. The lowest BCUT2D eigenvalue weighted by molar-refractivity contribution is -0.00896. The topological polar surface area (TPSA) is 119 Å². The lowest BCUT2D eigenvalue weighted by Gasteiger charge is -2.38. The van der Waals surface area contributed by atoms with Gasteiger partial charge in [0.25, 0.3) is 0 Å². The first-order chi connectivity index (χ1) is 21.8. The van der Waals surface area contributed by atoms with Gasteiger partial charge in [-0.2, -0.15) is 0 Å². The average molecular weight is 687 g/mol. The molecule has 11 nitrogen and oxygen atoms in total. The Bertz CT molecular complexity index is 1120. The molecule has 1 aromatic carbocycles. The van der Waals surface area contributed by atoms with Crippen LogP contribution in [0.2, 0.25) is 30.7 Å². The Labute approximate surface area is 278 Å². The zero-order valence-electron chi connectivity index (χ0n) is 27.9. The number of methoxy groups -OCH3 is 1. The molecule has 4 atom stereocenters. The maximum Gasteiger partial charge on any atom is 0.409 e. The average Bonchev–Trinajstić information content (AvgIpc) is 3.00. The smallest absolute Gasteiger partial charge is 0.409 e. The minimum Gasteiger partial charge on any atom is -0.453 e. The molecule has 0 saturated carbocycles. The maximum absolute atomic E-state index is 14.4. The van der Waals surface area contributed by atoms with Gasteiger partial charge in [0.15, 0.2) is 0 Å². The number of alkyl carbamates (subject to hydrolysis) is 1. The van der Waals surface area contributed by atoms with Gasteiger partial charge >= 0.3 is 18.2 Å². The van der Waals surface area contributed by atoms with Gasteiger partial charge in [-0.25, -0.2) is 18.8 Å². The van der Waals surface area contributed by atoms with Crippen molar-refractivity contribution < 1.29 is 37.7 Å². The van der Waals surface area contributed by atoms with E-state index in [4.69, 9.17) is 25.8 Å². The maximum atomic E-state index is 14.4. The van der Waals surface area contributed by atoms with Crippen molar-refractivity contribution in [3.05, 3.63) is 34.6 Å². The Morgan fingerprint density at radius 2 is 1.96 bits per heavy atom. The summed E-state index contributed by atoms with van der Waals surface area (Å²) in [6.07, 6.45) is 2.59. The zero-order valence-corrected chi connectivity index (χ0v) is 29.7. The van der Waals surface area contributed by atoms with Crippen LogP contribution in [0.5, 0.6) is 0 Å². The van der Waals surface area contributed by atoms with Gasteiger partial charge in [-0.1, -0.05) is 31.2 Å². The molecule has 0 bridgehead atoms. The van der Waals surface area contributed by atoms with Gasteiger partial charge in [0.05, 0.1) is 26.4 Å². The van der Waals surface area contributed by atoms with E-state index in [0.717, 1.165) is 38.3 Å². The van der Waals surface area contributed by atoms with Gasteiger partial charge in [0.1, 0.15) is 5.82 Å². The highest BCUT2D eigenvalue weighted by Gasteiger charge is 2.33. The molecule has 46 heavy (non-hydrogen) atoms. The van der Waals surface area contributed by atoms with Crippen LogP contribution in [0.3, 0.4) is 0 Å². The summed E-state index contributed by atoms with van der Waals surface area (Å²) < 4.78 is 36.4. The number of halogens is 2. The first-order valence-corrected chi connectivity index (χ1v) is 20.3. The predicted molar refractivity (Wildman–Crippen MR) is 177 cm³/mol. The number of piperidine rings is 1. The summed E-state index contributed by atoms with van der Waals surface area (Å²) in [6.45, 7) is 10.1. The van der Waals surface area contributed by atoms with Crippen LogP contribution < -0.4 is 10.6 Å². The van der Waals surface area contributed by atoms with E-state index in [9.17, 15) is 18.8 Å². The molecule has 1 aromatic rings. The molecule has 3 rings (SSSR count). The Balaban J connectivity index is 1.68. The molecule has 2 aliphatic heterocycles. The number of hydrogen-bond donors (Lipinski definition) is 2. The number of likely N-dealkylation sites (N-methyl/N-ethyl adjacent to an activating group) is 1. The number of ether oxygens (including phenoxy) is 4. The van der Waals surface area contributed by atoms with E-state index in [1.54, 1.807) is 18.0 Å². The Hall–Kier alpha value is -2.61. The number of amides is 4. The van der Waals surface area contributed by atoms with Gasteiger partial charge in [0, 0.05) is 71.5 Å². The Kier molecular flexibility index (Phi) is 15.3. The summed E-state index contributed by atoms with van der Waals surface area (Å²) in [5, 5.41) is 6.03. The van der Waals surface area contributed by atoms with E-state index >= 15 is 0 Å². The van der Waals surface area contributed by atoms with E-state index in [0.29, 0.717) is 44.8 Å². The van der Waals surface area contributed by atoms with Crippen molar-refractivity contribution in [1.82, 2.24) is 20.4 Å². The molecule has 4 amide bonds. The van der Waals surface area contributed by atoms with Gasteiger partial charge < -0.3 is 39.4 Å². The minimum atomic E-state index is -1.35. The number of nitrogens with one attached hydrogen (secondary N) is 2. The van der Waals surface area contributed by atoms with Gasteiger partial charge in [-0.15, -0.1) is 0 Å². The van der Waals surface area contributed by atoms with Crippen LogP contribution >= 0.6 is 11.6 Å². The summed E-state index contributed by atoms with van der Waals surface area (Å²) in [4.78, 5) is 41.3. The van der Waals surface area contributed by atoms with Crippen LogP contribution in [-0.4, -0.2) is 109 Å². The van der Waals surface area contributed by atoms with Crippen LogP contribution in [0.15, 0.2) is 18.2 Å². The van der Waals surface area contributed by atoms with Crippen molar-refractivity contribution in [3.63, 3.8) is 0 Å². The van der Waals surface area contributed by atoms with E-state index in [1.807, 2.05) is 0 Å². The first kappa shape index (κ1) is 37.8. The summed E-state index contributed by atoms with van der Waals surface area (Å²) in [7, 11) is 1.63. The fraction of sp³-hybridized carbons (Fsp3) is 0.719. The lowest BCUT2D eigenvalue weighted by atomic mass is 9.88. The molecule has 0 radical (unpaired) electrons. The second-order valence-corrected chi connectivity index (χ2v) is 19.6. The number of carbonyl (C=O) groups excluding carboxylic acids is 3. The number of benzene rings is 1. The normalized spacial score (nSPS) is 19.9. The largest absolute Gasteiger partial charge is 0.453 e. The van der Waals surface area contributed by atoms with Crippen LogP contribution in [0.4, 0.5) is 18.8 Å². The SMILES string of the molecule is COC(=O)NCCO[C@@H](c1cc(F)cc(Cl)c1)[C@@H]1CCCN(C(=O)N[C@@H](C[C@@H]2CCCOC2)CN(C)C(=O)OCC[Si](C)(C)C)C1. The zero-order chi connectivity index (χ0) is 33.7. The number of likely N-dealkylation sites (tertiary alicyclic amines) is 1. The second-order valence-electron chi connectivity index (χ2n) is 13.5. The molecule has 0 aliphatic carbocycles. The van der Waals surface area contributed by atoms with Crippen LogP contribution in [-0.2, 0) is 18.9 Å². The molecule has 2 saturated heterocycles. The van der Waals surface area contributed by atoms with Crippen molar-refractivity contribution in [3.8, 4) is 0 Å². The molecule has 0 spiro atoms.